The Balaban J connectivity index is 0.000000387. The molecule has 0 bridgehead atoms. The van der Waals surface area contributed by atoms with Crippen molar-refractivity contribution in [2.24, 2.45) is 0 Å². The minimum atomic E-state index is 0. The number of benzene rings is 3. The number of hydrogen-bond donors (Lipinski definition) is 0. The van der Waals surface area contributed by atoms with Crippen LogP contribution >= 0.6 is 0 Å². The maximum absolute atomic E-state index is 2.19. The van der Waals surface area contributed by atoms with Crippen LogP contribution in [0.2, 0.25) is 6.55 Å². The Hall–Kier alpha value is -2.02. The van der Waals surface area contributed by atoms with Crippen LogP contribution in [-0.2, 0) is 26.2 Å². The Morgan fingerprint density at radius 3 is 1.34 bits per heavy atom. The zero-order valence-electron chi connectivity index (χ0n) is 17.5. The second kappa shape index (κ2) is 14.9. The monoisotopic (exact) mass is 470 g/mol. The average molecular weight is 472 g/mol. The Labute approximate surface area is 198 Å². The van der Waals surface area contributed by atoms with Gasteiger partial charge in [0, 0.05) is 0 Å². The minimum absolute atomic E-state index is 0. The van der Waals surface area contributed by atoms with Gasteiger partial charge in [0.25, 0.3) is 0 Å². The van der Waals surface area contributed by atoms with Crippen LogP contribution < -0.4 is 5.19 Å². The topological polar surface area (TPSA) is 0 Å². The molecule has 5 aromatic rings. The smallest absolute Gasteiger partial charge is 0.358 e. The average Bonchev–Trinajstić information content (AvgIpc) is 3.38. The molecule has 0 saturated carbocycles. The molecule has 0 aliphatic carbocycles. The van der Waals surface area contributed by atoms with Crippen molar-refractivity contribution in [1.29, 1.82) is 0 Å². The number of rotatable bonds is 1. The molecule has 0 atom stereocenters. The summed E-state index contributed by atoms with van der Waals surface area (Å²) in [5, 5.41) is 6.76. The van der Waals surface area contributed by atoms with Crippen LogP contribution in [-0.4, -0.2) is 9.52 Å². The van der Waals surface area contributed by atoms with Crippen molar-refractivity contribution in [1.82, 2.24) is 0 Å². The first-order chi connectivity index (χ1) is 12.9. The third-order valence-electron chi connectivity index (χ3n) is 4.16. The largest absolute Gasteiger partial charge is 4.00 e. The van der Waals surface area contributed by atoms with Crippen molar-refractivity contribution in [3.8, 4) is 0 Å². The van der Waals surface area contributed by atoms with Gasteiger partial charge in [-0.2, -0.15) is 35.0 Å². The second-order valence-electron chi connectivity index (χ2n) is 5.93. The minimum Gasteiger partial charge on any atom is -0.358 e. The molecule has 2 heteroatoms. The maximum atomic E-state index is 2.19. The van der Waals surface area contributed by atoms with Crippen molar-refractivity contribution < 1.29 is 26.2 Å². The van der Waals surface area contributed by atoms with Gasteiger partial charge >= 0.3 is 26.2 Å². The van der Waals surface area contributed by atoms with Gasteiger partial charge in [-0.3, -0.25) is 0 Å². The van der Waals surface area contributed by atoms with Gasteiger partial charge in [0.15, 0.2) is 0 Å². The Kier molecular flexibility index (Phi) is 13.9. The van der Waals surface area contributed by atoms with Gasteiger partial charge < -0.3 is 14.9 Å². The van der Waals surface area contributed by atoms with E-state index in [0.29, 0.717) is 0 Å². The first-order valence-corrected chi connectivity index (χ1v) is 10.3. The van der Waals surface area contributed by atoms with Crippen LogP contribution in [0.4, 0.5) is 0 Å². The summed E-state index contributed by atoms with van der Waals surface area (Å²) in [6, 6.07) is 39.8. The molecule has 0 aromatic heterocycles. The molecule has 5 rings (SSSR count). The fourth-order valence-corrected chi connectivity index (χ4v) is 3.27. The van der Waals surface area contributed by atoms with Crippen molar-refractivity contribution >= 4 is 36.3 Å². The Morgan fingerprint density at radius 1 is 0.552 bits per heavy atom. The Bertz CT molecular complexity index is 901. The predicted octanol–water partition coefficient (Wildman–Crippen LogP) is 7.08. The van der Waals surface area contributed by atoms with Gasteiger partial charge in [0.2, 0.25) is 0 Å². The summed E-state index contributed by atoms with van der Waals surface area (Å²) in [7, 11) is 0.930. The molecule has 0 unspecified atom stereocenters. The van der Waals surface area contributed by atoms with Crippen molar-refractivity contribution in [2.45, 2.75) is 6.55 Å². The summed E-state index contributed by atoms with van der Waals surface area (Å²) < 4.78 is 0. The third-order valence-corrected chi connectivity index (χ3v) is 5.07. The molecule has 0 saturated heterocycles. The van der Waals surface area contributed by atoms with E-state index in [2.05, 4.69) is 116 Å². The quantitative estimate of drug-likeness (QED) is 0.181. The molecular weight excluding hydrogens is 444 g/mol. The standard InChI is InChI=1S/2C9H7.C7H8Si.2CH3.Zr/c2*1-2-5-9-7-3-6-8(9)4-1;1-8-7-5-3-2-4-6-7;;;/h2*1-7H;2-6H,1H3;2*1H3;/q2*-1;;2*-1;+4. The first kappa shape index (κ1) is 27.0. The molecule has 0 N–H and O–H groups in total. The van der Waals surface area contributed by atoms with E-state index in [9.17, 15) is 0 Å². The summed E-state index contributed by atoms with van der Waals surface area (Å²) in [6.45, 7) is 2.19. The molecule has 0 nitrogen and oxygen atoms in total. The van der Waals surface area contributed by atoms with Crippen LogP contribution in [0, 0.1) is 14.9 Å². The fraction of sp³-hybridized carbons (Fsp3) is 0.0370. The van der Waals surface area contributed by atoms with Gasteiger partial charge in [-0.15, -0.1) is 59.3 Å². The van der Waals surface area contributed by atoms with Crippen LogP contribution in [0.15, 0.2) is 115 Å². The molecule has 0 spiro atoms. The zero-order chi connectivity index (χ0) is 18.0. The van der Waals surface area contributed by atoms with Gasteiger partial charge in [-0.1, -0.05) is 54.2 Å². The second-order valence-corrected chi connectivity index (χ2v) is 7.00. The fourth-order valence-electron chi connectivity index (χ4n) is 2.74. The zero-order valence-corrected chi connectivity index (χ0v) is 20.9. The van der Waals surface area contributed by atoms with Crippen molar-refractivity contribution in [3.63, 3.8) is 0 Å². The molecule has 0 amide bonds. The van der Waals surface area contributed by atoms with E-state index in [0.717, 1.165) is 9.52 Å². The summed E-state index contributed by atoms with van der Waals surface area (Å²) in [5.74, 6) is 0. The predicted molar refractivity (Wildman–Crippen MR) is 130 cm³/mol. The van der Waals surface area contributed by atoms with Gasteiger partial charge in [0.05, 0.1) is 9.52 Å². The summed E-state index contributed by atoms with van der Waals surface area (Å²) in [5.41, 5.74) is 0. The molecule has 0 aliphatic heterocycles. The summed E-state index contributed by atoms with van der Waals surface area (Å²) >= 11 is 0. The molecule has 0 aliphatic rings. The van der Waals surface area contributed by atoms with Crippen LogP contribution in [0.5, 0.6) is 0 Å². The molecule has 0 fully saturated rings. The van der Waals surface area contributed by atoms with E-state index < -0.39 is 0 Å². The molecular formula is C27H28SiZr. The molecule has 29 heavy (non-hydrogen) atoms. The summed E-state index contributed by atoms with van der Waals surface area (Å²) in [6.07, 6.45) is 0. The van der Waals surface area contributed by atoms with E-state index in [1.165, 1.54) is 26.7 Å². The third kappa shape index (κ3) is 8.48. The Morgan fingerprint density at radius 2 is 0.966 bits per heavy atom. The van der Waals surface area contributed by atoms with Crippen LogP contribution in [0.1, 0.15) is 0 Å². The maximum Gasteiger partial charge on any atom is 4.00 e. The number of fused-ring (bicyclic) bond motifs is 2. The SMILES string of the molecule is C[Si]c1ccccc1.[CH3-].[CH3-].[Zr+4].c1ccc2[cH-]ccc2c1.c1ccc2[cH-]ccc2c1. The van der Waals surface area contributed by atoms with Gasteiger partial charge in [-0.05, 0) is 0 Å². The molecule has 0 heterocycles. The van der Waals surface area contributed by atoms with Crippen LogP contribution in [0.25, 0.3) is 21.5 Å². The molecule has 5 aromatic carbocycles. The number of hydrogen-bond acceptors (Lipinski definition) is 0. The van der Waals surface area contributed by atoms with E-state index in [1.807, 2.05) is 6.07 Å². The molecule has 144 valence electrons. The first-order valence-electron chi connectivity index (χ1n) is 8.80. The van der Waals surface area contributed by atoms with Crippen molar-refractivity contribution in [3.05, 3.63) is 130 Å². The normalized spacial score (nSPS) is 8.86. The van der Waals surface area contributed by atoms with E-state index in [1.54, 1.807) is 0 Å². The van der Waals surface area contributed by atoms with Gasteiger partial charge in [0.1, 0.15) is 0 Å². The van der Waals surface area contributed by atoms with E-state index in [-0.39, 0.29) is 41.1 Å². The van der Waals surface area contributed by atoms with E-state index >= 15 is 0 Å². The van der Waals surface area contributed by atoms with Crippen molar-refractivity contribution in [2.75, 3.05) is 0 Å². The van der Waals surface area contributed by atoms with Gasteiger partial charge in [-0.25, -0.2) is 0 Å². The summed E-state index contributed by atoms with van der Waals surface area (Å²) in [4.78, 5) is 0. The van der Waals surface area contributed by atoms with E-state index in [4.69, 9.17) is 0 Å². The molecule has 2 radical (unpaired) electrons. The van der Waals surface area contributed by atoms with Crippen LogP contribution in [0.3, 0.4) is 0 Å².